The molecule has 0 aliphatic heterocycles. The van der Waals surface area contributed by atoms with Crippen molar-refractivity contribution >= 4 is 16.0 Å². The van der Waals surface area contributed by atoms with Crippen LogP contribution < -0.4 is 4.72 Å². The van der Waals surface area contributed by atoms with Crippen molar-refractivity contribution < 1.29 is 23.4 Å². The number of aliphatic hydroxyl groups is 1. The molecule has 5 atom stereocenters. The monoisotopic (exact) mass is 365 g/mol. The molecule has 2 aliphatic rings. The molecular weight excluding hydrogens is 342 g/mol. The maximum atomic E-state index is 12.6. The average Bonchev–Trinajstić information content (AvgIpc) is 3.09. The molecule has 0 heterocycles. The van der Waals surface area contributed by atoms with E-state index in [1.165, 1.54) is 0 Å². The number of hydrogen-bond donors (Lipinski definition) is 3. The van der Waals surface area contributed by atoms with Gasteiger partial charge in [-0.2, -0.15) is 0 Å². The summed E-state index contributed by atoms with van der Waals surface area (Å²) < 4.78 is 28.1. The SMILES string of the molecule is O=C(O)C/C=C\C[C@H]1[C@H]2C[C@@H]([C@@H]1NS(=O)(=O)c1ccccc1)[C@H](O)C2. The van der Waals surface area contributed by atoms with Gasteiger partial charge in [0.2, 0.25) is 10.0 Å². The highest BCUT2D eigenvalue weighted by molar-refractivity contribution is 7.89. The first-order valence-electron chi connectivity index (χ1n) is 8.50. The maximum absolute atomic E-state index is 12.6. The molecule has 0 amide bonds. The second kappa shape index (κ2) is 7.27. The van der Waals surface area contributed by atoms with E-state index in [4.69, 9.17) is 5.11 Å². The summed E-state index contributed by atoms with van der Waals surface area (Å²) in [6.07, 6.45) is 5.01. The fourth-order valence-corrected chi connectivity index (χ4v) is 5.59. The molecule has 25 heavy (non-hydrogen) atoms. The summed E-state index contributed by atoms with van der Waals surface area (Å²) in [6, 6.07) is 7.89. The highest BCUT2D eigenvalue weighted by Crippen LogP contribution is 2.50. The smallest absolute Gasteiger partial charge is 0.307 e. The molecule has 0 saturated heterocycles. The van der Waals surface area contributed by atoms with Gasteiger partial charge in [0.1, 0.15) is 0 Å². The molecule has 1 aromatic carbocycles. The molecule has 0 spiro atoms. The Balaban J connectivity index is 1.75. The Morgan fingerprint density at radius 2 is 1.92 bits per heavy atom. The summed E-state index contributed by atoms with van der Waals surface area (Å²) in [7, 11) is -3.65. The molecule has 7 heteroatoms. The molecule has 136 valence electrons. The van der Waals surface area contributed by atoms with E-state index in [9.17, 15) is 18.3 Å². The first-order valence-corrected chi connectivity index (χ1v) is 9.99. The van der Waals surface area contributed by atoms with Crippen molar-refractivity contribution in [1.29, 1.82) is 0 Å². The third kappa shape index (κ3) is 3.94. The molecule has 6 nitrogen and oxygen atoms in total. The minimum absolute atomic E-state index is 0.0378. The number of benzene rings is 1. The number of fused-ring (bicyclic) bond motifs is 2. The number of nitrogens with one attached hydrogen (secondary N) is 1. The van der Waals surface area contributed by atoms with Crippen LogP contribution in [-0.4, -0.2) is 36.7 Å². The summed E-state index contributed by atoms with van der Waals surface area (Å²) >= 11 is 0. The lowest BCUT2D eigenvalue weighted by molar-refractivity contribution is -0.136. The lowest BCUT2D eigenvalue weighted by Gasteiger charge is -2.33. The molecular formula is C18H23NO5S. The first kappa shape index (κ1) is 18.1. The van der Waals surface area contributed by atoms with E-state index in [-0.39, 0.29) is 35.1 Å². The molecule has 2 bridgehead atoms. The van der Waals surface area contributed by atoms with Gasteiger partial charge < -0.3 is 10.2 Å². The van der Waals surface area contributed by atoms with Gasteiger partial charge in [-0.15, -0.1) is 0 Å². The van der Waals surface area contributed by atoms with Crippen molar-refractivity contribution in [3.8, 4) is 0 Å². The highest BCUT2D eigenvalue weighted by atomic mass is 32.2. The van der Waals surface area contributed by atoms with Crippen LogP contribution in [0.25, 0.3) is 0 Å². The topological polar surface area (TPSA) is 104 Å². The molecule has 1 aromatic rings. The Kier molecular flexibility index (Phi) is 5.27. The fourth-order valence-electron chi connectivity index (χ4n) is 4.23. The Morgan fingerprint density at radius 1 is 1.20 bits per heavy atom. The van der Waals surface area contributed by atoms with Crippen LogP contribution in [-0.2, 0) is 14.8 Å². The van der Waals surface area contributed by atoms with Crippen molar-refractivity contribution in [2.45, 2.75) is 42.7 Å². The largest absolute Gasteiger partial charge is 0.481 e. The Hall–Kier alpha value is -1.70. The highest BCUT2D eigenvalue weighted by Gasteiger charge is 2.52. The predicted octanol–water partition coefficient (Wildman–Crippen LogP) is 1.77. The van der Waals surface area contributed by atoms with Gasteiger partial charge in [0, 0.05) is 12.0 Å². The van der Waals surface area contributed by atoms with Gasteiger partial charge >= 0.3 is 5.97 Å². The second-order valence-corrected chi connectivity index (χ2v) is 8.61. The lowest BCUT2D eigenvalue weighted by Crippen LogP contribution is -2.47. The minimum Gasteiger partial charge on any atom is -0.481 e. The zero-order valence-electron chi connectivity index (χ0n) is 13.8. The average molecular weight is 365 g/mol. The number of carbonyl (C=O) groups is 1. The summed E-state index contributed by atoms with van der Waals surface area (Å²) in [5.74, 6) is -0.628. The second-order valence-electron chi connectivity index (χ2n) is 6.89. The number of rotatable bonds is 7. The van der Waals surface area contributed by atoms with Crippen LogP contribution in [0.3, 0.4) is 0 Å². The third-order valence-electron chi connectivity index (χ3n) is 5.35. The van der Waals surface area contributed by atoms with Crippen LogP contribution in [0.15, 0.2) is 47.4 Å². The number of carboxylic acids is 1. The van der Waals surface area contributed by atoms with Crippen LogP contribution in [0.1, 0.15) is 25.7 Å². The van der Waals surface area contributed by atoms with Crippen molar-refractivity contribution in [3.63, 3.8) is 0 Å². The molecule has 3 rings (SSSR count). The van der Waals surface area contributed by atoms with Crippen molar-refractivity contribution in [3.05, 3.63) is 42.5 Å². The number of aliphatic carboxylic acids is 1. The van der Waals surface area contributed by atoms with Gasteiger partial charge in [-0.05, 0) is 43.2 Å². The van der Waals surface area contributed by atoms with E-state index in [1.807, 2.05) is 6.08 Å². The zero-order valence-corrected chi connectivity index (χ0v) is 14.6. The maximum Gasteiger partial charge on any atom is 0.307 e. The van der Waals surface area contributed by atoms with E-state index < -0.39 is 22.1 Å². The lowest BCUT2D eigenvalue weighted by atomic mass is 9.81. The van der Waals surface area contributed by atoms with Crippen molar-refractivity contribution in [1.82, 2.24) is 4.72 Å². The summed E-state index contributed by atoms with van der Waals surface area (Å²) in [5, 5.41) is 18.9. The zero-order chi connectivity index (χ0) is 18.0. The third-order valence-corrected chi connectivity index (χ3v) is 6.83. The van der Waals surface area contributed by atoms with Crippen molar-refractivity contribution in [2.75, 3.05) is 0 Å². The first-order chi connectivity index (χ1) is 11.9. The van der Waals surface area contributed by atoms with Gasteiger partial charge in [0.15, 0.2) is 0 Å². The Morgan fingerprint density at radius 3 is 2.60 bits per heavy atom. The van der Waals surface area contributed by atoms with E-state index in [0.29, 0.717) is 12.8 Å². The Bertz CT molecular complexity index is 746. The van der Waals surface area contributed by atoms with E-state index in [2.05, 4.69) is 4.72 Å². The quantitative estimate of drug-likeness (QED) is 0.639. The molecule has 0 aromatic heterocycles. The van der Waals surface area contributed by atoms with Crippen molar-refractivity contribution in [2.24, 2.45) is 17.8 Å². The standard InChI is InChI=1S/C18H23NO5S/c20-16-11-12-10-15(16)18(14(12)8-4-5-9-17(21)22)19-25(23,24)13-6-2-1-3-7-13/h1-7,12,14-16,18-20H,8-11H2,(H,21,22)/b5-4-/t12-,14-,15+,16+,18+/m0/s1. The fraction of sp³-hybridized carbons (Fsp3) is 0.500. The molecule has 3 N–H and O–H groups in total. The van der Waals surface area contributed by atoms with Crippen LogP contribution in [0.2, 0.25) is 0 Å². The van der Waals surface area contributed by atoms with E-state index in [1.54, 1.807) is 36.4 Å². The number of sulfonamides is 1. The summed E-state index contributed by atoms with van der Waals surface area (Å²) in [5.41, 5.74) is 0. The van der Waals surface area contributed by atoms with Gasteiger partial charge in [0.25, 0.3) is 0 Å². The normalized spacial score (nSPS) is 31.6. The van der Waals surface area contributed by atoms with Crippen LogP contribution in [0.4, 0.5) is 0 Å². The molecule has 0 unspecified atom stereocenters. The van der Waals surface area contributed by atoms with Crippen LogP contribution in [0.5, 0.6) is 0 Å². The van der Waals surface area contributed by atoms with Gasteiger partial charge in [-0.3, -0.25) is 4.79 Å². The number of allylic oxidation sites excluding steroid dienone is 1. The van der Waals surface area contributed by atoms with E-state index >= 15 is 0 Å². The molecule has 2 aliphatic carbocycles. The van der Waals surface area contributed by atoms with Crippen LogP contribution in [0, 0.1) is 17.8 Å². The predicted molar refractivity (Wildman–Crippen MR) is 92.3 cm³/mol. The Labute approximate surface area is 147 Å². The van der Waals surface area contributed by atoms with E-state index in [0.717, 1.165) is 6.42 Å². The number of aliphatic hydroxyl groups excluding tert-OH is 1. The summed E-state index contributed by atoms with van der Waals surface area (Å²) in [4.78, 5) is 10.8. The molecule has 0 radical (unpaired) electrons. The van der Waals surface area contributed by atoms with Gasteiger partial charge in [0.05, 0.1) is 17.4 Å². The molecule has 2 fully saturated rings. The summed E-state index contributed by atoms with van der Waals surface area (Å²) in [6.45, 7) is 0. The van der Waals surface area contributed by atoms with Gasteiger partial charge in [-0.25, -0.2) is 13.1 Å². The van der Waals surface area contributed by atoms with Crippen LogP contribution >= 0.6 is 0 Å². The molecule has 2 saturated carbocycles. The minimum atomic E-state index is -3.65. The number of hydrogen-bond acceptors (Lipinski definition) is 4. The van der Waals surface area contributed by atoms with Gasteiger partial charge in [-0.1, -0.05) is 30.4 Å². The number of carboxylic acid groups (broad SMARTS) is 1.